The lowest BCUT2D eigenvalue weighted by molar-refractivity contribution is -0.302. The lowest BCUT2D eigenvalue weighted by Gasteiger charge is -2.51. The van der Waals surface area contributed by atoms with Crippen molar-refractivity contribution in [3.8, 4) is 0 Å². The van der Waals surface area contributed by atoms with E-state index < -0.39 is 127 Å². The fourth-order valence-electron chi connectivity index (χ4n) is 12.4. The summed E-state index contributed by atoms with van der Waals surface area (Å²) in [6.45, 7) is 17.8. The molecule has 75 heavy (non-hydrogen) atoms. The minimum absolute atomic E-state index is 0.146. The average Bonchev–Trinajstić information content (AvgIpc) is 4.06. The summed E-state index contributed by atoms with van der Waals surface area (Å²) in [5.74, 6) is -3.43. The van der Waals surface area contributed by atoms with Gasteiger partial charge in [0.05, 0.1) is 47.2 Å². The normalized spacial score (nSPS) is 39.8. The third-order valence-electron chi connectivity index (χ3n) is 17.3. The number of nitrogens with one attached hydrogen (secondary N) is 1. The number of carbonyl (C=O) groups excluding carboxylic acids is 2. The Balaban J connectivity index is 1.25. The van der Waals surface area contributed by atoms with Gasteiger partial charge in [0.1, 0.15) is 48.8 Å². The first-order valence-electron chi connectivity index (χ1n) is 27.2. The van der Waals surface area contributed by atoms with Gasteiger partial charge in [-0.05, 0) is 117 Å². The van der Waals surface area contributed by atoms with E-state index in [0.717, 1.165) is 12.8 Å². The Kier molecular flexibility index (Phi) is 20.5. The Labute approximate surface area is 444 Å². The smallest absolute Gasteiger partial charge is 0.309 e. The van der Waals surface area contributed by atoms with Gasteiger partial charge in [0.15, 0.2) is 6.29 Å². The lowest BCUT2D eigenvalue weighted by atomic mass is 9.68. The molecule has 1 amide bonds. The number of aliphatic hydroxyl groups is 5. The maximum Gasteiger partial charge on any atom is 0.309 e. The number of hydrogen-bond donors (Lipinski definition) is 6. The molecule has 3 saturated heterocycles. The van der Waals surface area contributed by atoms with Crippen LogP contribution in [-0.2, 0) is 39.6 Å². The van der Waals surface area contributed by atoms with Crippen LogP contribution in [-0.4, -0.2) is 200 Å². The predicted octanol–water partition coefficient (Wildman–Crippen LogP) is 4.17. The van der Waals surface area contributed by atoms with E-state index in [4.69, 9.17) is 28.4 Å². The van der Waals surface area contributed by atoms with Crippen LogP contribution in [0, 0.1) is 23.7 Å². The molecule has 426 valence electrons. The Bertz CT molecular complexity index is 2150. The van der Waals surface area contributed by atoms with Crippen molar-refractivity contribution >= 4 is 11.9 Å². The Morgan fingerprint density at radius 3 is 2.27 bits per heavy atom. The van der Waals surface area contributed by atoms with Gasteiger partial charge in [0.2, 0.25) is 0 Å². The maximum absolute atomic E-state index is 14.9. The molecule has 4 fully saturated rings. The largest absolute Gasteiger partial charge is 0.459 e. The summed E-state index contributed by atoms with van der Waals surface area (Å²) < 4.78 is 54.3. The van der Waals surface area contributed by atoms with Gasteiger partial charge in [0.25, 0.3) is 5.91 Å². The monoisotopic (exact) mass is 1060 g/mol. The first kappa shape index (κ1) is 61.0. The Morgan fingerprint density at radius 2 is 1.67 bits per heavy atom. The fourth-order valence-corrected chi connectivity index (χ4v) is 12.4. The first-order valence-corrected chi connectivity index (χ1v) is 27.2. The third kappa shape index (κ3) is 14.0. The summed E-state index contributed by atoms with van der Waals surface area (Å²) in [6, 6.07) is 5.26. The van der Waals surface area contributed by atoms with E-state index in [9.17, 15) is 39.5 Å². The number of alkyl halides is 1. The van der Waals surface area contributed by atoms with Gasteiger partial charge in [-0.15, -0.1) is 5.10 Å². The molecule has 1 aromatic heterocycles. The molecule has 0 bridgehead atoms. The molecule has 19 nitrogen and oxygen atoms in total. The zero-order chi connectivity index (χ0) is 55.5. The van der Waals surface area contributed by atoms with Gasteiger partial charge in [-0.1, -0.05) is 45.0 Å². The number of nitrogens with zero attached hydrogens (tertiary/aromatic N) is 5. The van der Waals surface area contributed by atoms with Crippen molar-refractivity contribution in [3.63, 3.8) is 0 Å². The highest BCUT2D eigenvalue weighted by Crippen LogP contribution is 2.45. The second-order valence-electron chi connectivity index (χ2n) is 23.5. The molecule has 20 atom stereocenters. The van der Waals surface area contributed by atoms with E-state index in [2.05, 4.69) is 15.6 Å². The molecule has 2 aromatic rings. The molecule has 1 aliphatic carbocycles. The summed E-state index contributed by atoms with van der Waals surface area (Å²) in [5, 5.41) is 71.9. The van der Waals surface area contributed by atoms with Crippen molar-refractivity contribution in [2.75, 3.05) is 48.1 Å². The highest BCUT2D eigenvalue weighted by Gasteiger charge is 2.55. The quantitative estimate of drug-likeness (QED) is 0.129. The van der Waals surface area contributed by atoms with E-state index in [0.29, 0.717) is 42.8 Å². The van der Waals surface area contributed by atoms with Crippen molar-refractivity contribution in [2.45, 2.75) is 216 Å². The number of methoxy groups -OCH3 is 2. The molecular weight excluding hydrogens is 972 g/mol. The first-order chi connectivity index (χ1) is 35.2. The molecular formula is C55H91FN6O13. The van der Waals surface area contributed by atoms with E-state index in [1.54, 1.807) is 72.0 Å². The molecule has 6 N–H and O–H groups in total. The van der Waals surface area contributed by atoms with Crippen LogP contribution in [0.2, 0.25) is 0 Å². The van der Waals surface area contributed by atoms with E-state index in [-0.39, 0.29) is 37.1 Å². The molecule has 4 aliphatic rings. The Hall–Kier alpha value is -3.25. The van der Waals surface area contributed by atoms with E-state index in [1.807, 2.05) is 44.7 Å². The van der Waals surface area contributed by atoms with Crippen LogP contribution in [0.25, 0.3) is 0 Å². The van der Waals surface area contributed by atoms with Crippen molar-refractivity contribution in [1.29, 1.82) is 0 Å². The number of ether oxygens (including phenoxy) is 6. The Morgan fingerprint density at radius 1 is 1.00 bits per heavy atom. The van der Waals surface area contributed by atoms with Crippen LogP contribution in [0.5, 0.6) is 0 Å². The molecule has 0 radical (unpaired) electrons. The number of hydrogen-bond acceptors (Lipinski definition) is 17. The van der Waals surface area contributed by atoms with Crippen LogP contribution in [0.3, 0.4) is 0 Å². The van der Waals surface area contributed by atoms with Crippen molar-refractivity contribution < 1.29 is 67.9 Å². The molecule has 0 spiro atoms. The van der Waals surface area contributed by atoms with E-state index >= 15 is 0 Å². The van der Waals surface area contributed by atoms with Gasteiger partial charge in [-0.3, -0.25) is 9.59 Å². The third-order valence-corrected chi connectivity index (χ3v) is 17.3. The highest BCUT2D eigenvalue weighted by molar-refractivity contribution is 5.94. The number of cyclic esters (lactones) is 1. The van der Waals surface area contributed by atoms with Crippen LogP contribution >= 0.6 is 0 Å². The highest BCUT2D eigenvalue weighted by atomic mass is 19.1. The number of likely N-dealkylation sites (N-methyl/N-ethyl adjacent to an activating group) is 2. The van der Waals surface area contributed by atoms with Crippen LogP contribution in [0.15, 0.2) is 30.5 Å². The molecule has 1 saturated carbocycles. The summed E-state index contributed by atoms with van der Waals surface area (Å²) in [7, 11) is 6.75. The number of amides is 1. The minimum atomic E-state index is -1.83. The number of benzene rings is 1. The minimum Gasteiger partial charge on any atom is -0.459 e. The number of halogens is 1. The van der Waals surface area contributed by atoms with Gasteiger partial charge >= 0.3 is 5.97 Å². The zero-order valence-corrected chi connectivity index (χ0v) is 47.0. The number of rotatable bonds is 16. The zero-order valence-electron chi connectivity index (χ0n) is 47.0. The number of carbonyl (C=O) groups is 2. The number of aliphatic hydroxyl groups excluding tert-OH is 3. The molecule has 20 heteroatoms. The standard InChI is InChI=1S/C55H91FN6O13/c1-15-43-55(10,69)47(64)34(6)61(12)28-30(2)25-53(8,68)49(32(4)44(33(5)51(67)74-43)42-26-54(9,71-14)48(65)35(7)73-42)75-52-45(63)40(24-31(3)72-52)60(11)23-22-39-29-62(59-58-39)41(27-56)46(70-13)36-16-18-37(19-17-36)50(66)57-38-20-21-38/h16-19,29-35,38,40-49,52,63-65,68-69H,15,20-28H2,1-14H3,(H,57,66)/t30-,31-,32+,33-,34-,35+,40+,41-,42?,43-,44+,45-,46-,47-,48+,49-,52+,53-,54-,55-/m1/s1. The van der Waals surface area contributed by atoms with Gasteiger partial charge in [-0.2, -0.15) is 0 Å². The SMILES string of the molecule is CC[C@H]1OC(=O)[C@H](C)[C@@H](C2C[C@@](C)(OC)[C@@H](O)[C@H](C)O2)[C@H](C)[C@@H](O[C@@H]2O[C@H](C)C[C@H](N(C)CCc3cn([C@H](CF)[C@H](OC)c4ccc(C(=O)NC5CC5)cc4)nn3)[C@H]2O)[C@](C)(O)C[C@@H](C)CN(C)[C@H](C)[C@@H](O)[C@]1(C)O. The second kappa shape index (κ2) is 25.3. The molecule has 3 aliphatic heterocycles. The van der Waals surface area contributed by atoms with Crippen LogP contribution in [0.1, 0.15) is 142 Å². The average molecular weight is 1060 g/mol. The summed E-state index contributed by atoms with van der Waals surface area (Å²) in [5.41, 5.74) is -2.75. The molecule has 6 rings (SSSR count). The van der Waals surface area contributed by atoms with Gasteiger partial charge in [0, 0.05) is 76.0 Å². The predicted molar refractivity (Wildman–Crippen MR) is 277 cm³/mol. The van der Waals surface area contributed by atoms with Crippen LogP contribution < -0.4 is 5.32 Å². The van der Waals surface area contributed by atoms with Crippen molar-refractivity contribution in [2.24, 2.45) is 23.7 Å². The fraction of sp³-hybridized carbons (Fsp3) is 0.818. The molecule has 4 heterocycles. The molecule has 1 aromatic carbocycles. The van der Waals surface area contributed by atoms with Crippen molar-refractivity contribution in [1.82, 2.24) is 30.1 Å². The van der Waals surface area contributed by atoms with Crippen molar-refractivity contribution in [3.05, 3.63) is 47.3 Å². The number of aromatic nitrogens is 3. The summed E-state index contributed by atoms with van der Waals surface area (Å²) >= 11 is 0. The van der Waals surface area contributed by atoms with Gasteiger partial charge < -0.3 is 69.1 Å². The second-order valence-corrected chi connectivity index (χ2v) is 23.5. The molecule has 1 unspecified atom stereocenters. The van der Waals surface area contributed by atoms with Crippen LogP contribution in [0.4, 0.5) is 4.39 Å². The maximum atomic E-state index is 14.9. The summed E-state index contributed by atoms with van der Waals surface area (Å²) in [6.07, 6.45) is -4.49. The summed E-state index contributed by atoms with van der Waals surface area (Å²) in [4.78, 5) is 31.2. The van der Waals surface area contributed by atoms with E-state index in [1.165, 1.54) is 25.8 Å². The van der Waals surface area contributed by atoms with Gasteiger partial charge in [-0.25, -0.2) is 9.07 Å². The lowest BCUT2D eigenvalue weighted by Crippen LogP contribution is -2.62. The number of esters is 1. The topological polar surface area (TPSA) is 240 Å².